The summed E-state index contributed by atoms with van der Waals surface area (Å²) in [4.78, 5) is 0. The Morgan fingerprint density at radius 1 is 1.33 bits per heavy atom. The van der Waals surface area contributed by atoms with Gasteiger partial charge in [-0.3, -0.25) is 0 Å². The molecule has 2 rings (SSSR count). The van der Waals surface area contributed by atoms with Crippen LogP contribution in [0, 0.1) is 5.82 Å². The second kappa shape index (κ2) is 4.55. The van der Waals surface area contributed by atoms with Gasteiger partial charge in [-0.15, -0.1) is 0 Å². The van der Waals surface area contributed by atoms with E-state index in [4.69, 9.17) is 5.73 Å². The minimum atomic E-state index is -0.228. The Hall–Kier alpha value is -1.19. The lowest BCUT2D eigenvalue weighted by Gasteiger charge is -2.10. The van der Waals surface area contributed by atoms with Gasteiger partial charge in [0, 0.05) is 6.04 Å². The molecule has 0 fully saturated rings. The van der Waals surface area contributed by atoms with E-state index >= 15 is 0 Å². The van der Waals surface area contributed by atoms with Crippen molar-refractivity contribution in [3.8, 4) is 0 Å². The number of benzene rings is 1. The molecule has 0 amide bonds. The number of hydrogen-bond acceptors (Lipinski definition) is 2. The Labute approximate surface area is 92.4 Å². The third kappa shape index (κ3) is 2.64. The fraction of sp³-hybridized carbons (Fsp3) is 0.167. The maximum Gasteiger partial charge on any atom is 0.123 e. The van der Waals surface area contributed by atoms with Gasteiger partial charge in [0.1, 0.15) is 5.82 Å². The van der Waals surface area contributed by atoms with E-state index in [9.17, 15) is 4.39 Å². The van der Waals surface area contributed by atoms with E-state index in [2.05, 4.69) is 5.38 Å². The van der Waals surface area contributed by atoms with E-state index < -0.39 is 0 Å². The van der Waals surface area contributed by atoms with E-state index in [0.29, 0.717) is 0 Å². The maximum atomic E-state index is 13.0. The molecular formula is C12H12FNS. The van der Waals surface area contributed by atoms with Gasteiger partial charge in [-0.2, -0.15) is 11.3 Å². The van der Waals surface area contributed by atoms with Crippen molar-refractivity contribution < 1.29 is 4.39 Å². The van der Waals surface area contributed by atoms with Crippen LogP contribution < -0.4 is 5.73 Å². The summed E-state index contributed by atoms with van der Waals surface area (Å²) in [7, 11) is 0. The van der Waals surface area contributed by atoms with Gasteiger partial charge in [0.2, 0.25) is 0 Å². The Morgan fingerprint density at radius 2 is 2.20 bits per heavy atom. The number of thiophene rings is 1. The molecule has 1 heterocycles. The fourth-order valence-electron chi connectivity index (χ4n) is 1.52. The van der Waals surface area contributed by atoms with Crippen LogP contribution in [-0.2, 0) is 6.42 Å². The van der Waals surface area contributed by atoms with Crippen LogP contribution in [0.15, 0.2) is 41.1 Å². The SMILES string of the molecule is NC(Cc1ccsc1)c1cccc(F)c1. The number of nitrogens with two attached hydrogens (primary N) is 1. The zero-order valence-electron chi connectivity index (χ0n) is 8.19. The average molecular weight is 221 g/mol. The van der Waals surface area contributed by atoms with Crippen LogP contribution in [0.1, 0.15) is 17.2 Å². The highest BCUT2D eigenvalue weighted by molar-refractivity contribution is 7.07. The first-order chi connectivity index (χ1) is 7.25. The van der Waals surface area contributed by atoms with Gasteiger partial charge in [-0.1, -0.05) is 12.1 Å². The van der Waals surface area contributed by atoms with Crippen LogP contribution in [-0.4, -0.2) is 0 Å². The van der Waals surface area contributed by atoms with Crippen LogP contribution >= 0.6 is 11.3 Å². The number of hydrogen-bond donors (Lipinski definition) is 1. The van der Waals surface area contributed by atoms with Crippen molar-refractivity contribution >= 4 is 11.3 Å². The molecular weight excluding hydrogens is 209 g/mol. The van der Waals surface area contributed by atoms with Crippen molar-refractivity contribution in [1.82, 2.24) is 0 Å². The zero-order valence-corrected chi connectivity index (χ0v) is 9.01. The summed E-state index contributed by atoms with van der Waals surface area (Å²) in [5.41, 5.74) is 8.05. The molecule has 0 spiro atoms. The van der Waals surface area contributed by atoms with Crippen LogP contribution in [0.2, 0.25) is 0 Å². The van der Waals surface area contributed by atoms with Gasteiger partial charge >= 0.3 is 0 Å². The van der Waals surface area contributed by atoms with Crippen molar-refractivity contribution in [1.29, 1.82) is 0 Å². The number of halogens is 1. The maximum absolute atomic E-state index is 13.0. The molecule has 1 nitrogen and oxygen atoms in total. The van der Waals surface area contributed by atoms with Gasteiger partial charge in [-0.05, 0) is 46.5 Å². The second-order valence-corrected chi connectivity index (χ2v) is 4.28. The van der Waals surface area contributed by atoms with Crippen molar-refractivity contribution in [3.05, 3.63) is 58.0 Å². The van der Waals surface area contributed by atoms with Crippen molar-refractivity contribution in [2.45, 2.75) is 12.5 Å². The first-order valence-electron chi connectivity index (χ1n) is 4.78. The summed E-state index contributed by atoms with van der Waals surface area (Å²) in [6.45, 7) is 0. The molecule has 1 unspecified atom stereocenters. The summed E-state index contributed by atoms with van der Waals surface area (Å²) in [5.74, 6) is -0.228. The summed E-state index contributed by atoms with van der Waals surface area (Å²) < 4.78 is 13.0. The smallest absolute Gasteiger partial charge is 0.123 e. The highest BCUT2D eigenvalue weighted by Crippen LogP contribution is 2.18. The monoisotopic (exact) mass is 221 g/mol. The molecule has 3 heteroatoms. The van der Waals surface area contributed by atoms with Gasteiger partial charge in [0.05, 0.1) is 0 Å². The molecule has 0 saturated heterocycles. The van der Waals surface area contributed by atoms with Gasteiger partial charge in [0.15, 0.2) is 0 Å². The molecule has 0 aliphatic rings. The molecule has 1 aromatic heterocycles. The third-order valence-corrected chi connectivity index (χ3v) is 3.04. The lowest BCUT2D eigenvalue weighted by Crippen LogP contribution is -2.13. The molecule has 78 valence electrons. The highest BCUT2D eigenvalue weighted by Gasteiger charge is 2.07. The summed E-state index contributed by atoms with van der Waals surface area (Å²) in [6.07, 6.45) is 0.757. The summed E-state index contributed by atoms with van der Waals surface area (Å²) in [6, 6.07) is 8.40. The minimum absolute atomic E-state index is 0.129. The normalized spacial score (nSPS) is 12.7. The van der Waals surface area contributed by atoms with Crippen molar-refractivity contribution in [3.63, 3.8) is 0 Å². The highest BCUT2D eigenvalue weighted by atomic mass is 32.1. The second-order valence-electron chi connectivity index (χ2n) is 3.50. The Kier molecular flexibility index (Phi) is 3.14. The average Bonchev–Trinajstić information content (AvgIpc) is 2.70. The molecule has 1 aromatic carbocycles. The fourth-order valence-corrected chi connectivity index (χ4v) is 2.20. The predicted octanol–water partition coefficient (Wildman–Crippen LogP) is 3.13. The molecule has 0 saturated carbocycles. The van der Waals surface area contributed by atoms with Gasteiger partial charge < -0.3 is 5.73 Å². The van der Waals surface area contributed by atoms with Crippen LogP contribution in [0.4, 0.5) is 4.39 Å². The Bertz CT molecular complexity index is 425. The first-order valence-corrected chi connectivity index (χ1v) is 5.72. The molecule has 0 bridgehead atoms. The van der Waals surface area contributed by atoms with E-state index in [0.717, 1.165) is 12.0 Å². The van der Waals surface area contributed by atoms with Crippen LogP contribution in [0.3, 0.4) is 0 Å². The van der Waals surface area contributed by atoms with E-state index in [1.165, 1.54) is 17.7 Å². The van der Waals surface area contributed by atoms with Gasteiger partial charge in [0.25, 0.3) is 0 Å². The molecule has 2 aromatic rings. The third-order valence-electron chi connectivity index (χ3n) is 2.31. The molecule has 1 atom stereocenters. The molecule has 15 heavy (non-hydrogen) atoms. The van der Waals surface area contributed by atoms with Crippen LogP contribution in [0.25, 0.3) is 0 Å². The molecule has 2 N–H and O–H groups in total. The standard InChI is InChI=1S/C12H12FNS/c13-11-3-1-2-10(7-11)12(14)6-9-4-5-15-8-9/h1-5,7-8,12H,6,14H2. The first kappa shape index (κ1) is 10.3. The predicted molar refractivity (Wildman–Crippen MR) is 61.4 cm³/mol. The van der Waals surface area contributed by atoms with Gasteiger partial charge in [-0.25, -0.2) is 4.39 Å². The molecule has 0 aliphatic carbocycles. The lowest BCUT2D eigenvalue weighted by atomic mass is 10.0. The number of rotatable bonds is 3. The van der Waals surface area contributed by atoms with E-state index in [1.54, 1.807) is 17.4 Å². The zero-order chi connectivity index (χ0) is 10.7. The molecule has 0 radical (unpaired) electrons. The largest absolute Gasteiger partial charge is 0.324 e. The van der Waals surface area contributed by atoms with Crippen LogP contribution in [0.5, 0.6) is 0 Å². The lowest BCUT2D eigenvalue weighted by molar-refractivity contribution is 0.618. The minimum Gasteiger partial charge on any atom is -0.324 e. The summed E-state index contributed by atoms with van der Waals surface area (Å²) >= 11 is 1.65. The van der Waals surface area contributed by atoms with Crippen molar-refractivity contribution in [2.24, 2.45) is 5.73 Å². The Balaban J connectivity index is 2.11. The van der Waals surface area contributed by atoms with Crippen molar-refractivity contribution in [2.75, 3.05) is 0 Å². The topological polar surface area (TPSA) is 26.0 Å². The molecule has 0 aliphatic heterocycles. The van der Waals surface area contributed by atoms with E-state index in [-0.39, 0.29) is 11.9 Å². The van der Waals surface area contributed by atoms with E-state index in [1.807, 2.05) is 17.5 Å². The summed E-state index contributed by atoms with van der Waals surface area (Å²) in [5, 5.41) is 4.09. The Morgan fingerprint density at radius 3 is 2.87 bits per heavy atom. The quantitative estimate of drug-likeness (QED) is 0.846.